The van der Waals surface area contributed by atoms with Crippen LogP contribution in [0, 0.1) is 30.1 Å². The zero-order valence-electron chi connectivity index (χ0n) is 29.4. The van der Waals surface area contributed by atoms with Crippen LogP contribution >= 0.6 is 22.9 Å². The molecule has 2 fully saturated rings. The Kier molecular flexibility index (Phi) is 9.91. The molecular weight excluding hydrogens is 758 g/mol. The average Bonchev–Trinajstić information content (AvgIpc) is 3.56. The van der Waals surface area contributed by atoms with E-state index >= 15 is 0 Å². The number of hydrogen-bond acceptors (Lipinski definition) is 11. The normalized spacial score (nSPS) is 18.4. The van der Waals surface area contributed by atoms with Crippen LogP contribution in [-0.2, 0) is 16.6 Å². The number of anilines is 1. The summed E-state index contributed by atoms with van der Waals surface area (Å²) in [6.07, 6.45) is 6.89. The molecule has 5 aromatic rings. The van der Waals surface area contributed by atoms with Crippen LogP contribution in [0.3, 0.4) is 0 Å². The van der Waals surface area contributed by atoms with Gasteiger partial charge in [0.1, 0.15) is 23.3 Å². The number of aromatic nitrogens is 4. The van der Waals surface area contributed by atoms with E-state index in [9.17, 15) is 32.0 Å². The lowest BCUT2D eigenvalue weighted by Gasteiger charge is -2.47. The molecule has 5 heterocycles. The van der Waals surface area contributed by atoms with Crippen LogP contribution in [0.5, 0.6) is 0 Å². The summed E-state index contributed by atoms with van der Waals surface area (Å²) in [5, 5.41) is 12.4. The molecule has 54 heavy (non-hydrogen) atoms. The maximum atomic E-state index is 14.1. The summed E-state index contributed by atoms with van der Waals surface area (Å²) in [6, 6.07) is 9.22. The molecule has 0 spiro atoms. The number of rotatable bonds is 7. The quantitative estimate of drug-likeness (QED) is 0.214. The van der Waals surface area contributed by atoms with E-state index in [1.807, 2.05) is 21.6 Å². The van der Waals surface area contributed by atoms with Crippen molar-refractivity contribution in [3.05, 3.63) is 79.9 Å². The molecule has 1 aliphatic heterocycles. The van der Waals surface area contributed by atoms with E-state index < -0.39 is 27.4 Å². The van der Waals surface area contributed by atoms with Crippen molar-refractivity contribution in [2.24, 2.45) is 0 Å². The Morgan fingerprint density at radius 1 is 1.17 bits per heavy atom. The number of aryl methyl sites for hydroxylation is 1. The number of nitrogens with one attached hydrogen (secondary N) is 1. The van der Waals surface area contributed by atoms with Gasteiger partial charge in [-0.15, -0.1) is 11.3 Å². The van der Waals surface area contributed by atoms with Crippen LogP contribution in [0.2, 0.25) is 5.02 Å². The fourth-order valence-corrected chi connectivity index (χ4v) is 8.90. The van der Waals surface area contributed by atoms with Crippen LogP contribution in [0.1, 0.15) is 53.0 Å². The van der Waals surface area contributed by atoms with Gasteiger partial charge in [0.2, 0.25) is 10.0 Å². The van der Waals surface area contributed by atoms with Gasteiger partial charge in [0, 0.05) is 52.4 Å². The van der Waals surface area contributed by atoms with Crippen molar-refractivity contribution in [3.8, 4) is 29.0 Å². The van der Waals surface area contributed by atoms with Crippen molar-refractivity contribution in [1.82, 2.24) is 29.1 Å². The second kappa shape index (κ2) is 14.3. The highest BCUT2D eigenvalue weighted by Crippen LogP contribution is 2.38. The van der Waals surface area contributed by atoms with Crippen molar-refractivity contribution in [1.29, 1.82) is 5.26 Å². The third kappa shape index (κ3) is 7.27. The number of alkyl halides is 2. The van der Waals surface area contributed by atoms with Crippen LogP contribution in [0.4, 0.5) is 14.6 Å². The minimum Gasteiger partial charge on any atom is -0.356 e. The fraction of sp³-hybridized carbons (Fsp3) is 0.351. The van der Waals surface area contributed by atoms with Crippen LogP contribution in [0.25, 0.3) is 32.2 Å². The molecule has 1 N–H and O–H groups in total. The lowest BCUT2D eigenvalue weighted by Crippen LogP contribution is -2.60. The lowest BCUT2D eigenvalue weighted by atomic mass is 9.87. The number of fused-ring (bicyclic) bond motifs is 2. The number of nitrogens with zero attached hydrogens (tertiary/aromatic N) is 7. The van der Waals surface area contributed by atoms with Crippen LogP contribution in [-0.4, -0.2) is 83.1 Å². The predicted molar refractivity (Wildman–Crippen MR) is 203 cm³/mol. The third-order valence-electron chi connectivity index (χ3n) is 9.92. The number of benzene rings is 1. The molecule has 12 nitrogen and oxygen atoms in total. The van der Waals surface area contributed by atoms with E-state index in [0.29, 0.717) is 49.1 Å². The highest BCUT2D eigenvalue weighted by Gasteiger charge is 2.47. The predicted octanol–water partition coefficient (Wildman–Crippen LogP) is 5.34. The van der Waals surface area contributed by atoms with E-state index in [2.05, 4.69) is 32.9 Å². The second-order valence-corrected chi connectivity index (χ2v) is 16.7. The number of amides is 1. The van der Waals surface area contributed by atoms with Crippen molar-refractivity contribution in [3.63, 3.8) is 0 Å². The first-order valence-electron chi connectivity index (χ1n) is 17.0. The van der Waals surface area contributed by atoms with Crippen LogP contribution < -0.4 is 15.2 Å². The van der Waals surface area contributed by atoms with Gasteiger partial charge in [-0.1, -0.05) is 23.4 Å². The molecule has 2 aliphatic rings. The van der Waals surface area contributed by atoms with Gasteiger partial charge in [0.15, 0.2) is 0 Å². The monoisotopic (exact) mass is 790 g/mol. The number of halogens is 3. The Bertz CT molecular complexity index is 2610. The summed E-state index contributed by atoms with van der Waals surface area (Å²) < 4.78 is 54.3. The molecule has 4 aromatic heterocycles. The Morgan fingerprint density at radius 3 is 2.59 bits per heavy atom. The standard InChI is InChI=1S/C37H33ClF2N8O4S2/c1-21-44-30-17-43-34(46(2)24-8-10-25(11-9-24)47-19-37(39,40)20-47)28(16-41)31(30)36(50)48(21)14-4-5-22-6-7-23(38)15-27(22)26-12-13-42-32-29(18-53-33(26)32)35(49)45-54(3,51)52/h6-7,12-13,15,17-18,24-25H,8-11,14,19-20H2,1-3H3,(H,45,49). The van der Waals surface area contributed by atoms with Crippen molar-refractivity contribution in [2.45, 2.75) is 57.2 Å². The number of hydrogen-bond donors (Lipinski definition) is 1. The van der Waals surface area contributed by atoms with E-state index in [-0.39, 0.29) is 48.2 Å². The van der Waals surface area contributed by atoms with E-state index in [4.69, 9.17) is 11.6 Å². The molecule has 0 radical (unpaired) electrons. The molecule has 1 aromatic carbocycles. The number of nitriles is 1. The molecule has 1 saturated carbocycles. The van der Waals surface area contributed by atoms with Gasteiger partial charge in [-0.25, -0.2) is 31.9 Å². The van der Waals surface area contributed by atoms with Gasteiger partial charge >= 0.3 is 0 Å². The zero-order chi connectivity index (χ0) is 38.5. The van der Waals surface area contributed by atoms with Gasteiger partial charge < -0.3 is 4.90 Å². The second-order valence-electron chi connectivity index (χ2n) is 13.6. The number of carbonyl (C=O) groups excluding carboxylic acids is 1. The van der Waals surface area contributed by atoms with Crippen LogP contribution in [0.15, 0.2) is 46.8 Å². The Morgan fingerprint density at radius 2 is 1.91 bits per heavy atom. The van der Waals surface area contributed by atoms with Crippen molar-refractivity contribution in [2.75, 3.05) is 31.3 Å². The Balaban J connectivity index is 1.17. The van der Waals surface area contributed by atoms with E-state index in [0.717, 1.165) is 31.9 Å². The summed E-state index contributed by atoms with van der Waals surface area (Å²) in [6.45, 7) is 1.23. The molecule has 7 rings (SSSR count). The van der Waals surface area contributed by atoms with Crippen molar-refractivity contribution >= 4 is 65.8 Å². The highest BCUT2D eigenvalue weighted by atomic mass is 35.5. The van der Waals surface area contributed by atoms with Crippen molar-refractivity contribution < 1.29 is 22.0 Å². The number of sulfonamides is 1. The maximum Gasteiger partial charge on any atom is 0.272 e. The minimum absolute atomic E-state index is 0.0206. The van der Waals surface area contributed by atoms with Gasteiger partial charge in [-0.2, -0.15) is 5.26 Å². The average molecular weight is 791 g/mol. The molecule has 278 valence electrons. The number of likely N-dealkylation sites (tertiary alicyclic amines) is 1. The molecular formula is C37H33ClF2N8O4S2. The summed E-state index contributed by atoms with van der Waals surface area (Å²) in [5.74, 6) is 3.56. The summed E-state index contributed by atoms with van der Waals surface area (Å²) in [4.78, 5) is 44.0. The molecule has 1 aliphatic carbocycles. The molecule has 17 heteroatoms. The SMILES string of the molecule is Cc1nc2cnc(N(C)C3CCC(N4CC(F)(F)C4)CC3)c(C#N)c2c(=O)n1CC#Cc1ccc(Cl)cc1-c1ccnc2c(C(=O)NS(C)(=O)=O)csc12. The Labute approximate surface area is 318 Å². The first-order valence-corrected chi connectivity index (χ1v) is 20.1. The number of thiophene rings is 1. The first-order chi connectivity index (χ1) is 25.6. The largest absolute Gasteiger partial charge is 0.356 e. The number of carbonyl (C=O) groups is 1. The van der Waals surface area contributed by atoms with Gasteiger partial charge in [0.05, 0.1) is 58.8 Å². The summed E-state index contributed by atoms with van der Waals surface area (Å²) in [7, 11) is -1.95. The molecule has 0 unspecified atom stereocenters. The van der Waals surface area contributed by atoms with Gasteiger partial charge in [0.25, 0.3) is 17.4 Å². The van der Waals surface area contributed by atoms with E-state index in [1.165, 1.54) is 33.7 Å². The zero-order valence-corrected chi connectivity index (χ0v) is 31.7. The molecule has 1 saturated heterocycles. The number of pyridine rings is 2. The smallest absolute Gasteiger partial charge is 0.272 e. The lowest BCUT2D eigenvalue weighted by molar-refractivity contribution is -0.149. The maximum absolute atomic E-state index is 14.1. The Hall–Kier alpha value is -5.00. The topological polar surface area (TPSA) is 154 Å². The van der Waals surface area contributed by atoms with Gasteiger partial charge in [-0.3, -0.25) is 24.0 Å². The first kappa shape index (κ1) is 37.3. The minimum atomic E-state index is -3.79. The highest BCUT2D eigenvalue weighted by molar-refractivity contribution is 7.89. The van der Waals surface area contributed by atoms with E-state index in [1.54, 1.807) is 31.2 Å². The molecule has 0 bridgehead atoms. The summed E-state index contributed by atoms with van der Waals surface area (Å²) >= 11 is 7.64. The van der Waals surface area contributed by atoms with Gasteiger partial charge in [-0.05, 0) is 56.9 Å². The molecule has 1 amide bonds. The summed E-state index contributed by atoms with van der Waals surface area (Å²) in [5.41, 5.74) is 2.29. The third-order valence-corrected chi connectivity index (χ3v) is 11.7. The fourth-order valence-electron chi connectivity index (χ4n) is 7.25. The molecule has 0 atom stereocenters.